The number of hydrogen-bond acceptors (Lipinski definition) is 2. The van der Waals surface area contributed by atoms with E-state index in [1.807, 2.05) is 6.07 Å². The molecule has 116 valence electrons. The highest BCUT2D eigenvalue weighted by molar-refractivity contribution is 6.02. The van der Waals surface area contributed by atoms with Crippen molar-refractivity contribution < 1.29 is 9.59 Å². The highest BCUT2D eigenvalue weighted by Gasteiger charge is 2.09. The first kappa shape index (κ1) is 17.6. The minimum absolute atomic E-state index is 0.0978. The number of carbonyl (C=O) groups excluding carboxylic acids is 2. The lowest BCUT2D eigenvalue weighted by Gasteiger charge is -2.04. The first-order chi connectivity index (χ1) is 10.3. The lowest BCUT2D eigenvalue weighted by Crippen LogP contribution is -2.03. The molecule has 0 aliphatic carbocycles. The maximum absolute atomic E-state index is 12.1. The van der Waals surface area contributed by atoms with Crippen molar-refractivity contribution >= 4 is 12.1 Å². The third kappa shape index (κ3) is 7.22. The number of rotatable bonds is 12. The Bertz CT molecular complexity index is 423. The average molecular weight is 288 g/mol. The Morgan fingerprint density at radius 1 is 0.905 bits per heavy atom. The van der Waals surface area contributed by atoms with Crippen molar-refractivity contribution in [1.29, 1.82) is 0 Å². The molecule has 0 saturated heterocycles. The van der Waals surface area contributed by atoms with Crippen molar-refractivity contribution in [2.24, 2.45) is 0 Å². The fourth-order valence-corrected chi connectivity index (χ4v) is 2.58. The second kappa shape index (κ2) is 11.2. The molecule has 0 atom stereocenters. The standard InChI is InChI=1S/C19H28O2/c1-2-3-4-5-6-7-8-9-10-15-19(21)18-14-12-11-13-17(18)16-20/h11-14,16H,2-10,15H2,1H3. The molecule has 21 heavy (non-hydrogen) atoms. The van der Waals surface area contributed by atoms with E-state index in [1.54, 1.807) is 18.2 Å². The molecule has 0 N–H and O–H groups in total. The molecule has 1 rings (SSSR count). The highest BCUT2D eigenvalue weighted by Crippen LogP contribution is 2.14. The zero-order valence-electron chi connectivity index (χ0n) is 13.3. The van der Waals surface area contributed by atoms with Gasteiger partial charge >= 0.3 is 0 Å². The van der Waals surface area contributed by atoms with Gasteiger partial charge in [0.05, 0.1) is 0 Å². The van der Waals surface area contributed by atoms with E-state index in [2.05, 4.69) is 6.92 Å². The van der Waals surface area contributed by atoms with Crippen LogP contribution in [0.4, 0.5) is 0 Å². The van der Waals surface area contributed by atoms with Gasteiger partial charge in [-0.3, -0.25) is 9.59 Å². The maximum Gasteiger partial charge on any atom is 0.163 e. The van der Waals surface area contributed by atoms with Gasteiger partial charge in [0.25, 0.3) is 0 Å². The summed E-state index contributed by atoms with van der Waals surface area (Å²) in [5.41, 5.74) is 1.09. The molecule has 0 radical (unpaired) electrons. The molecule has 0 amide bonds. The van der Waals surface area contributed by atoms with Gasteiger partial charge in [0, 0.05) is 17.5 Å². The van der Waals surface area contributed by atoms with Gasteiger partial charge in [-0.05, 0) is 6.42 Å². The third-order valence-corrected chi connectivity index (χ3v) is 3.90. The normalized spacial score (nSPS) is 10.5. The van der Waals surface area contributed by atoms with Gasteiger partial charge < -0.3 is 0 Å². The number of Topliss-reactive ketones (excluding diaryl/α,β-unsaturated/α-hetero) is 1. The highest BCUT2D eigenvalue weighted by atomic mass is 16.1. The molecule has 0 aliphatic heterocycles. The van der Waals surface area contributed by atoms with Crippen LogP contribution < -0.4 is 0 Å². The van der Waals surface area contributed by atoms with Crippen LogP contribution in [-0.2, 0) is 0 Å². The largest absolute Gasteiger partial charge is 0.298 e. The zero-order valence-corrected chi connectivity index (χ0v) is 13.3. The monoisotopic (exact) mass is 288 g/mol. The van der Waals surface area contributed by atoms with Crippen molar-refractivity contribution in [2.75, 3.05) is 0 Å². The van der Waals surface area contributed by atoms with Gasteiger partial charge in [-0.1, -0.05) is 82.6 Å². The van der Waals surface area contributed by atoms with Gasteiger partial charge in [-0.15, -0.1) is 0 Å². The first-order valence-electron chi connectivity index (χ1n) is 8.37. The predicted molar refractivity (Wildman–Crippen MR) is 88.0 cm³/mol. The number of ketones is 1. The summed E-state index contributed by atoms with van der Waals surface area (Å²) in [5, 5.41) is 0. The van der Waals surface area contributed by atoms with E-state index in [1.165, 1.54) is 44.9 Å². The van der Waals surface area contributed by atoms with Crippen LogP contribution in [-0.4, -0.2) is 12.1 Å². The summed E-state index contributed by atoms with van der Waals surface area (Å²) in [6.07, 6.45) is 12.5. The van der Waals surface area contributed by atoms with E-state index < -0.39 is 0 Å². The van der Waals surface area contributed by atoms with Crippen LogP contribution in [0, 0.1) is 0 Å². The van der Waals surface area contributed by atoms with E-state index in [0.29, 0.717) is 17.5 Å². The number of carbonyl (C=O) groups is 2. The van der Waals surface area contributed by atoms with Crippen LogP contribution in [0.15, 0.2) is 24.3 Å². The first-order valence-corrected chi connectivity index (χ1v) is 8.37. The van der Waals surface area contributed by atoms with Gasteiger partial charge in [0.15, 0.2) is 12.1 Å². The molecule has 2 heteroatoms. The van der Waals surface area contributed by atoms with Gasteiger partial charge in [-0.25, -0.2) is 0 Å². The molecule has 0 aliphatic rings. The van der Waals surface area contributed by atoms with Crippen molar-refractivity contribution in [1.82, 2.24) is 0 Å². The second-order valence-electron chi connectivity index (χ2n) is 5.71. The smallest absolute Gasteiger partial charge is 0.163 e. The summed E-state index contributed by atoms with van der Waals surface area (Å²) < 4.78 is 0. The lowest BCUT2D eigenvalue weighted by molar-refractivity contribution is 0.0973. The summed E-state index contributed by atoms with van der Waals surface area (Å²) in [4.78, 5) is 23.0. The van der Waals surface area contributed by atoms with Crippen LogP contribution in [0.5, 0.6) is 0 Å². The van der Waals surface area contributed by atoms with Gasteiger partial charge in [0.2, 0.25) is 0 Å². The molecule has 1 aromatic rings. The van der Waals surface area contributed by atoms with Crippen molar-refractivity contribution in [3.8, 4) is 0 Å². The lowest BCUT2D eigenvalue weighted by atomic mass is 9.99. The van der Waals surface area contributed by atoms with Crippen LogP contribution >= 0.6 is 0 Å². The molecule has 0 saturated carbocycles. The molecule has 0 spiro atoms. The van der Waals surface area contributed by atoms with Gasteiger partial charge in [0.1, 0.15) is 0 Å². The molecule has 1 aromatic carbocycles. The van der Waals surface area contributed by atoms with Crippen LogP contribution in [0.3, 0.4) is 0 Å². The quantitative estimate of drug-likeness (QED) is 0.285. The Kier molecular flexibility index (Phi) is 9.43. The van der Waals surface area contributed by atoms with Crippen molar-refractivity contribution in [3.05, 3.63) is 35.4 Å². The topological polar surface area (TPSA) is 34.1 Å². The second-order valence-corrected chi connectivity index (χ2v) is 5.71. The van der Waals surface area contributed by atoms with Crippen molar-refractivity contribution in [2.45, 2.75) is 71.1 Å². The van der Waals surface area contributed by atoms with E-state index in [4.69, 9.17) is 0 Å². The molecule has 0 bridgehead atoms. The molecule has 2 nitrogen and oxygen atoms in total. The minimum atomic E-state index is 0.0978. The summed E-state index contributed by atoms with van der Waals surface area (Å²) in [5.74, 6) is 0.0978. The molecule has 0 heterocycles. The van der Waals surface area contributed by atoms with E-state index >= 15 is 0 Å². The minimum Gasteiger partial charge on any atom is -0.298 e. The van der Waals surface area contributed by atoms with E-state index in [0.717, 1.165) is 19.1 Å². The van der Waals surface area contributed by atoms with Crippen LogP contribution in [0.25, 0.3) is 0 Å². The fourth-order valence-electron chi connectivity index (χ4n) is 2.58. The Morgan fingerprint density at radius 3 is 2.10 bits per heavy atom. The summed E-state index contributed by atoms with van der Waals surface area (Å²) >= 11 is 0. The molecular formula is C19H28O2. The molecule has 0 unspecified atom stereocenters. The molecule has 0 aromatic heterocycles. The SMILES string of the molecule is CCCCCCCCCCCC(=O)c1ccccc1C=O. The number of hydrogen-bond donors (Lipinski definition) is 0. The predicted octanol–water partition coefficient (Wildman–Crippen LogP) is 5.60. The summed E-state index contributed by atoms with van der Waals surface area (Å²) in [6.45, 7) is 2.24. The van der Waals surface area contributed by atoms with Crippen molar-refractivity contribution in [3.63, 3.8) is 0 Å². The van der Waals surface area contributed by atoms with E-state index in [-0.39, 0.29) is 5.78 Å². The van der Waals surface area contributed by atoms with Gasteiger partial charge in [-0.2, -0.15) is 0 Å². The van der Waals surface area contributed by atoms with Crippen LogP contribution in [0.2, 0.25) is 0 Å². The fraction of sp³-hybridized carbons (Fsp3) is 0.579. The summed E-state index contributed by atoms with van der Waals surface area (Å²) in [6, 6.07) is 7.06. The third-order valence-electron chi connectivity index (χ3n) is 3.90. The Hall–Kier alpha value is -1.44. The number of benzene rings is 1. The molecular weight excluding hydrogens is 260 g/mol. The Labute approximate surface area is 128 Å². The van der Waals surface area contributed by atoms with Crippen LogP contribution in [0.1, 0.15) is 91.8 Å². The zero-order chi connectivity index (χ0) is 15.3. The average Bonchev–Trinajstić information content (AvgIpc) is 2.53. The molecule has 0 fully saturated rings. The number of aldehydes is 1. The van der Waals surface area contributed by atoms with E-state index in [9.17, 15) is 9.59 Å². The number of unbranched alkanes of at least 4 members (excludes halogenated alkanes) is 8. The Balaban J connectivity index is 2.12. The maximum atomic E-state index is 12.1. The Morgan fingerprint density at radius 2 is 1.48 bits per heavy atom. The summed E-state index contributed by atoms with van der Waals surface area (Å²) in [7, 11) is 0.